The number of aromatic nitrogens is 2. The number of carbonyl (C=O) groups is 5. The average Bonchev–Trinajstić information content (AvgIpc) is 3.31. The molecule has 69 heavy (non-hydrogen) atoms. The van der Waals surface area contributed by atoms with Gasteiger partial charge in [-0.15, -0.1) is 0 Å². The molecule has 3 aromatic carbocycles. The number of aromatic hydroxyl groups is 1. The minimum atomic E-state index is -1.37. The number of phenols is 1. The average molecular weight is 947 g/mol. The lowest BCUT2D eigenvalue weighted by molar-refractivity contribution is -0.142. The van der Waals surface area contributed by atoms with Crippen LogP contribution in [-0.4, -0.2) is 106 Å². The number of Topliss-reactive ketones (excluding diaryl/α,β-unsaturated/α-hetero) is 3. The van der Waals surface area contributed by atoms with Crippen LogP contribution in [0.2, 0.25) is 0 Å². The molecule has 0 unspecified atom stereocenters. The van der Waals surface area contributed by atoms with E-state index >= 15 is 0 Å². The predicted octanol–water partition coefficient (Wildman–Crippen LogP) is 4.71. The molecule has 9 N–H and O–H groups in total. The Balaban J connectivity index is 1.61. The maximum absolute atomic E-state index is 14.9. The van der Waals surface area contributed by atoms with Crippen molar-refractivity contribution in [3.05, 3.63) is 88.2 Å². The zero-order chi connectivity index (χ0) is 50.7. The van der Waals surface area contributed by atoms with Crippen LogP contribution in [0.3, 0.4) is 0 Å². The van der Waals surface area contributed by atoms with E-state index in [1.165, 1.54) is 31.0 Å². The SMILES string of the molecule is Cc1nc(-c2ccc(C(C)(C)C)cc2)nc(C)c1C(=O)C[C@@H](CCN)C(=O)N(C)[C@@H]1C(=O)C[C@@H](C)C(=O)N[C@H](C(=O)CCC#N)Cc2cc(OCCN)c(O)c(c2)-c2cc1ccc2OC[C@H](O)CN. The van der Waals surface area contributed by atoms with E-state index in [1.54, 1.807) is 32.0 Å². The van der Waals surface area contributed by atoms with Gasteiger partial charge in [-0.25, -0.2) is 9.97 Å². The third-order valence-corrected chi connectivity index (χ3v) is 12.3. The Labute approximate surface area is 403 Å². The van der Waals surface area contributed by atoms with Gasteiger partial charge in [0.05, 0.1) is 29.1 Å². The molecule has 0 saturated carbocycles. The summed E-state index contributed by atoms with van der Waals surface area (Å²) in [6.07, 6.45) is -1.97. The number of amides is 2. The molecule has 0 aliphatic carbocycles. The van der Waals surface area contributed by atoms with Gasteiger partial charge >= 0.3 is 0 Å². The number of ether oxygens (including phenoxy) is 2. The lowest BCUT2D eigenvalue weighted by atomic mass is 9.86. The standard InChI is InChI=1S/C52H66N8O9/c1-29-21-43(64)47(60(7)51(67)35(16-18-54)26-42(63)46-30(2)57-49(58-31(46)3)33-10-13-36(14-11-33)52(4,5)6)34-12-15-44(69-28-37(61)27-56)38(25-34)39-22-32(24-45(48(39)65)68-20-19-55)23-40(59-50(29)66)41(62)9-8-17-53/h10-15,22,24-25,29,35,37,40,47,61,65H,8-9,16,18-21,23,26-28,54-56H2,1-7H3,(H,59,66)/t29-,35-,37-,40+,47+/m1/s1. The molecule has 4 bridgehead atoms. The topological polar surface area (TPSA) is 287 Å². The highest BCUT2D eigenvalue weighted by Crippen LogP contribution is 2.44. The lowest BCUT2D eigenvalue weighted by Gasteiger charge is -2.32. The Morgan fingerprint density at radius 2 is 1.62 bits per heavy atom. The highest BCUT2D eigenvalue weighted by atomic mass is 16.5. The van der Waals surface area contributed by atoms with E-state index in [2.05, 4.69) is 26.1 Å². The zero-order valence-electron chi connectivity index (χ0n) is 40.6. The molecule has 1 aliphatic heterocycles. The Kier molecular flexibility index (Phi) is 18.3. The van der Waals surface area contributed by atoms with Crippen LogP contribution in [-0.2, 0) is 31.0 Å². The number of hydrogen-bond acceptors (Lipinski definition) is 15. The molecule has 368 valence electrons. The van der Waals surface area contributed by atoms with Crippen LogP contribution >= 0.6 is 0 Å². The number of carbonyl (C=O) groups excluding carboxylic acids is 5. The van der Waals surface area contributed by atoms with Crippen LogP contribution in [0.5, 0.6) is 17.2 Å². The molecular formula is C52H66N8O9. The number of likely N-dealkylation sites (N-methyl/N-ethyl adjacent to an activating group) is 1. The second-order valence-corrected chi connectivity index (χ2v) is 18.7. The van der Waals surface area contributed by atoms with Gasteiger partial charge in [-0.3, -0.25) is 24.0 Å². The Morgan fingerprint density at radius 1 is 0.942 bits per heavy atom. The van der Waals surface area contributed by atoms with E-state index in [1.807, 2.05) is 30.3 Å². The summed E-state index contributed by atoms with van der Waals surface area (Å²) in [6.45, 7) is 11.1. The molecular weight excluding hydrogens is 881 g/mol. The second-order valence-electron chi connectivity index (χ2n) is 18.7. The number of fused-ring (bicyclic) bond motifs is 5. The quantitative estimate of drug-likeness (QED) is 0.0737. The third-order valence-electron chi connectivity index (χ3n) is 12.3. The molecule has 5 rings (SSSR count). The molecule has 5 atom stereocenters. The third kappa shape index (κ3) is 13.1. The minimum Gasteiger partial charge on any atom is -0.504 e. The number of nitriles is 1. The van der Waals surface area contributed by atoms with Gasteiger partial charge in [-0.1, -0.05) is 58.0 Å². The van der Waals surface area contributed by atoms with Crippen molar-refractivity contribution in [3.8, 4) is 45.8 Å². The van der Waals surface area contributed by atoms with Crippen LogP contribution in [0.25, 0.3) is 22.5 Å². The summed E-state index contributed by atoms with van der Waals surface area (Å²) in [5.41, 5.74) is 21.7. The van der Waals surface area contributed by atoms with Crippen molar-refractivity contribution in [2.75, 3.05) is 39.9 Å². The predicted molar refractivity (Wildman–Crippen MR) is 260 cm³/mol. The molecule has 0 radical (unpaired) electrons. The summed E-state index contributed by atoms with van der Waals surface area (Å²) in [5.74, 6) is -4.28. The van der Waals surface area contributed by atoms with Crippen molar-refractivity contribution < 1.29 is 43.7 Å². The van der Waals surface area contributed by atoms with E-state index in [9.17, 15) is 39.4 Å². The van der Waals surface area contributed by atoms with Crippen LogP contribution < -0.4 is 32.0 Å². The van der Waals surface area contributed by atoms with Gasteiger partial charge in [0.2, 0.25) is 11.8 Å². The first kappa shape index (κ1) is 53.4. The van der Waals surface area contributed by atoms with Crippen LogP contribution in [0.1, 0.15) is 104 Å². The van der Waals surface area contributed by atoms with Gasteiger partial charge in [0, 0.05) is 74.3 Å². The number of nitrogens with one attached hydrogen (secondary N) is 1. The number of aliphatic hydroxyl groups is 1. The number of rotatable bonds is 18. The molecule has 0 spiro atoms. The Hall–Kier alpha value is -6.58. The van der Waals surface area contributed by atoms with Crippen molar-refractivity contribution in [1.29, 1.82) is 5.26 Å². The van der Waals surface area contributed by atoms with Crippen molar-refractivity contribution in [2.45, 2.75) is 104 Å². The van der Waals surface area contributed by atoms with Gasteiger partial charge in [0.1, 0.15) is 31.1 Å². The molecule has 1 aliphatic rings. The highest BCUT2D eigenvalue weighted by molar-refractivity contribution is 6.01. The second kappa shape index (κ2) is 23.6. The maximum Gasteiger partial charge on any atom is 0.226 e. The molecule has 1 aromatic heterocycles. The molecule has 0 saturated heterocycles. The van der Waals surface area contributed by atoms with E-state index in [0.717, 1.165) is 11.1 Å². The summed E-state index contributed by atoms with van der Waals surface area (Å²) >= 11 is 0. The first-order valence-corrected chi connectivity index (χ1v) is 23.3. The van der Waals surface area contributed by atoms with Gasteiger partial charge in [-0.05, 0) is 79.6 Å². The minimum absolute atomic E-state index is 0.000970. The van der Waals surface area contributed by atoms with E-state index < -0.39 is 53.4 Å². The van der Waals surface area contributed by atoms with Crippen LogP contribution in [0.15, 0.2) is 54.6 Å². The number of benzene rings is 3. The van der Waals surface area contributed by atoms with Crippen molar-refractivity contribution in [3.63, 3.8) is 0 Å². The Morgan fingerprint density at radius 3 is 2.23 bits per heavy atom. The van der Waals surface area contributed by atoms with Crippen molar-refractivity contribution >= 4 is 29.2 Å². The van der Waals surface area contributed by atoms with E-state index in [0.29, 0.717) is 22.8 Å². The number of aliphatic hydroxyl groups excluding tert-OH is 1. The number of hydrogen-bond donors (Lipinski definition) is 6. The van der Waals surface area contributed by atoms with Crippen molar-refractivity contribution in [1.82, 2.24) is 20.2 Å². The molecule has 0 fully saturated rings. The summed E-state index contributed by atoms with van der Waals surface area (Å²) in [5, 5.41) is 34.3. The van der Waals surface area contributed by atoms with Gasteiger partial charge in [-0.2, -0.15) is 5.26 Å². The number of nitrogens with zero attached hydrogens (tertiary/aromatic N) is 4. The number of phenolic OH excluding ortho intramolecular Hbond substituents is 1. The number of nitrogens with two attached hydrogens (primary N) is 3. The fraction of sp³-hybridized carbons (Fsp3) is 0.462. The summed E-state index contributed by atoms with van der Waals surface area (Å²) in [6, 6.07) is 15.2. The number of ketones is 3. The smallest absolute Gasteiger partial charge is 0.226 e. The molecule has 2 heterocycles. The molecule has 4 aromatic rings. The van der Waals surface area contributed by atoms with Gasteiger partial charge in [0.25, 0.3) is 0 Å². The normalized spacial score (nSPS) is 17.2. The number of aryl methyl sites for hydroxylation is 2. The largest absolute Gasteiger partial charge is 0.504 e. The van der Waals surface area contributed by atoms with Crippen LogP contribution in [0.4, 0.5) is 0 Å². The van der Waals surface area contributed by atoms with Gasteiger partial charge < -0.3 is 47.1 Å². The Bertz CT molecular complexity index is 2550. The van der Waals surface area contributed by atoms with Crippen LogP contribution in [0, 0.1) is 37.0 Å². The van der Waals surface area contributed by atoms with E-state index in [-0.39, 0.29) is 122 Å². The summed E-state index contributed by atoms with van der Waals surface area (Å²) in [4.78, 5) is 82.0. The first-order chi connectivity index (χ1) is 32.7. The first-order valence-electron chi connectivity index (χ1n) is 23.3. The monoisotopic (exact) mass is 946 g/mol. The maximum atomic E-state index is 14.9. The summed E-state index contributed by atoms with van der Waals surface area (Å²) < 4.78 is 11.9. The van der Waals surface area contributed by atoms with Crippen molar-refractivity contribution in [2.24, 2.45) is 29.0 Å². The fourth-order valence-electron chi connectivity index (χ4n) is 8.48. The zero-order valence-corrected chi connectivity index (χ0v) is 40.6. The van der Waals surface area contributed by atoms with Gasteiger partial charge in [0.15, 0.2) is 34.7 Å². The molecule has 17 nitrogen and oxygen atoms in total. The lowest BCUT2D eigenvalue weighted by Crippen LogP contribution is -2.46. The van der Waals surface area contributed by atoms with E-state index in [4.69, 9.17) is 36.6 Å². The molecule has 17 heteroatoms. The fourth-order valence-corrected chi connectivity index (χ4v) is 8.48. The summed E-state index contributed by atoms with van der Waals surface area (Å²) in [7, 11) is 1.44. The molecule has 2 amide bonds. The highest BCUT2D eigenvalue weighted by Gasteiger charge is 2.37.